The van der Waals surface area contributed by atoms with E-state index in [4.69, 9.17) is 0 Å². The Bertz CT molecular complexity index is 390. The molecule has 0 amide bonds. The SMILES string of the molecule is Cc1cc(=O)cc(C)n1CC1CCCNC1. The lowest BCUT2D eigenvalue weighted by Gasteiger charge is -2.25. The average molecular weight is 220 g/mol. The van der Waals surface area contributed by atoms with E-state index < -0.39 is 0 Å². The molecule has 2 rings (SSSR count). The van der Waals surface area contributed by atoms with Gasteiger partial charge in [-0.25, -0.2) is 0 Å². The first kappa shape index (κ1) is 11.4. The molecule has 1 saturated heterocycles. The number of piperidine rings is 1. The van der Waals surface area contributed by atoms with E-state index in [1.807, 2.05) is 13.8 Å². The Morgan fingerprint density at radius 3 is 2.62 bits per heavy atom. The van der Waals surface area contributed by atoms with Crippen LogP contribution in [0.1, 0.15) is 24.2 Å². The normalized spacial score (nSPS) is 21.0. The van der Waals surface area contributed by atoms with Crippen LogP contribution < -0.4 is 10.7 Å². The quantitative estimate of drug-likeness (QED) is 0.819. The minimum Gasteiger partial charge on any atom is -0.349 e. The Labute approximate surface area is 96.5 Å². The summed E-state index contributed by atoms with van der Waals surface area (Å²) in [6, 6.07) is 3.45. The van der Waals surface area contributed by atoms with Gasteiger partial charge >= 0.3 is 0 Å². The van der Waals surface area contributed by atoms with Crippen LogP contribution in [0.5, 0.6) is 0 Å². The molecule has 1 aromatic heterocycles. The highest BCUT2D eigenvalue weighted by molar-refractivity contribution is 5.12. The summed E-state index contributed by atoms with van der Waals surface area (Å²) < 4.78 is 2.26. The van der Waals surface area contributed by atoms with Crippen molar-refractivity contribution in [1.29, 1.82) is 0 Å². The Morgan fingerprint density at radius 1 is 1.38 bits per heavy atom. The van der Waals surface area contributed by atoms with Gasteiger partial charge in [-0.05, 0) is 45.7 Å². The number of nitrogens with zero attached hydrogens (tertiary/aromatic N) is 1. The van der Waals surface area contributed by atoms with Crippen LogP contribution in [0.25, 0.3) is 0 Å². The van der Waals surface area contributed by atoms with Gasteiger partial charge < -0.3 is 9.88 Å². The lowest BCUT2D eigenvalue weighted by molar-refractivity contribution is 0.332. The van der Waals surface area contributed by atoms with E-state index >= 15 is 0 Å². The number of aryl methyl sites for hydroxylation is 2. The largest absolute Gasteiger partial charge is 0.349 e. The van der Waals surface area contributed by atoms with Gasteiger partial charge in [-0.1, -0.05) is 0 Å². The van der Waals surface area contributed by atoms with Crippen molar-refractivity contribution in [3.8, 4) is 0 Å². The fourth-order valence-electron chi connectivity index (χ4n) is 2.51. The third kappa shape index (κ3) is 2.53. The molecule has 1 unspecified atom stereocenters. The molecule has 1 aliphatic rings. The maximum Gasteiger partial charge on any atom is 0.182 e. The molecule has 1 atom stereocenters. The number of hydrogen-bond acceptors (Lipinski definition) is 2. The van der Waals surface area contributed by atoms with E-state index in [0.29, 0.717) is 5.92 Å². The number of pyridine rings is 1. The fraction of sp³-hybridized carbons (Fsp3) is 0.615. The summed E-state index contributed by atoms with van der Waals surface area (Å²) in [6.07, 6.45) is 2.56. The molecule has 88 valence electrons. The predicted molar refractivity (Wildman–Crippen MR) is 65.8 cm³/mol. The second-order valence-corrected chi connectivity index (χ2v) is 4.80. The zero-order chi connectivity index (χ0) is 11.5. The van der Waals surface area contributed by atoms with Crippen LogP contribution >= 0.6 is 0 Å². The molecule has 0 radical (unpaired) electrons. The highest BCUT2D eigenvalue weighted by atomic mass is 16.1. The molecule has 1 aromatic rings. The van der Waals surface area contributed by atoms with Crippen molar-refractivity contribution in [2.24, 2.45) is 5.92 Å². The fourth-order valence-corrected chi connectivity index (χ4v) is 2.51. The lowest BCUT2D eigenvalue weighted by atomic mass is 9.99. The van der Waals surface area contributed by atoms with E-state index in [1.165, 1.54) is 12.8 Å². The summed E-state index contributed by atoms with van der Waals surface area (Å²) in [5.74, 6) is 0.702. The number of nitrogens with one attached hydrogen (secondary N) is 1. The van der Waals surface area contributed by atoms with E-state index in [1.54, 1.807) is 12.1 Å². The van der Waals surface area contributed by atoms with Crippen molar-refractivity contribution in [2.45, 2.75) is 33.2 Å². The molecule has 0 spiro atoms. The maximum absolute atomic E-state index is 11.3. The van der Waals surface area contributed by atoms with E-state index in [-0.39, 0.29) is 5.43 Å². The van der Waals surface area contributed by atoms with Gasteiger partial charge in [0, 0.05) is 30.1 Å². The standard InChI is InChI=1S/C13H20N2O/c1-10-6-13(16)7-11(2)15(10)9-12-4-3-5-14-8-12/h6-7,12,14H,3-5,8-9H2,1-2H3. The van der Waals surface area contributed by atoms with Crippen molar-refractivity contribution in [1.82, 2.24) is 9.88 Å². The second-order valence-electron chi connectivity index (χ2n) is 4.80. The topological polar surface area (TPSA) is 34.0 Å². The van der Waals surface area contributed by atoms with Crippen LogP contribution in [0, 0.1) is 19.8 Å². The molecular formula is C13H20N2O. The highest BCUT2D eigenvalue weighted by Gasteiger charge is 2.14. The summed E-state index contributed by atoms with van der Waals surface area (Å²) >= 11 is 0. The van der Waals surface area contributed by atoms with Gasteiger partial charge in [0.2, 0.25) is 0 Å². The smallest absolute Gasteiger partial charge is 0.182 e. The molecule has 1 aliphatic heterocycles. The summed E-state index contributed by atoms with van der Waals surface area (Å²) in [4.78, 5) is 11.3. The van der Waals surface area contributed by atoms with Gasteiger partial charge in [0.05, 0.1) is 0 Å². The minimum absolute atomic E-state index is 0.119. The van der Waals surface area contributed by atoms with Crippen LogP contribution in [0.2, 0.25) is 0 Å². The number of aromatic nitrogens is 1. The van der Waals surface area contributed by atoms with E-state index in [9.17, 15) is 4.79 Å². The van der Waals surface area contributed by atoms with Gasteiger partial charge in [-0.3, -0.25) is 4.79 Å². The monoisotopic (exact) mass is 220 g/mol. The first-order chi connectivity index (χ1) is 7.66. The average Bonchev–Trinajstić information content (AvgIpc) is 2.25. The van der Waals surface area contributed by atoms with Gasteiger partial charge in [-0.15, -0.1) is 0 Å². The van der Waals surface area contributed by atoms with Crippen molar-refractivity contribution >= 4 is 0 Å². The first-order valence-electron chi connectivity index (χ1n) is 6.05. The van der Waals surface area contributed by atoms with Gasteiger partial charge in [0.25, 0.3) is 0 Å². The molecule has 0 bridgehead atoms. The number of hydrogen-bond donors (Lipinski definition) is 1. The van der Waals surface area contributed by atoms with Gasteiger partial charge in [0.1, 0.15) is 0 Å². The molecule has 1 fully saturated rings. The van der Waals surface area contributed by atoms with Crippen LogP contribution in [-0.2, 0) is 6.54 Å². The molecular weight excluding hydrogens is 200 g/mol. The minimum atomic E-state index is 0.119. The summed E-state index contributed by atoms with van der Waals surface area (Å²) in [7, 11) is 0. The highest BCUT2D eigenvalue weighted by Crippen LogP contribution is 2.14. The molecule has 0 saturated carbocycles. The van der Waals surface area contributed by atoms with Crippen LogP contribution in [-0.4, -0.2) is 17.7 Å². The summed E-state index contributed by atoms with van der Waals surface area (Å²) in [5.41, 5.74) is 2.28. The van der Waals surface area contributed by atoms with Crippen LogP contribution in [0.4, 0.5) is 0 Å². The molecule has 1 N–H and O–H groups in total. The molecule has 16 heavy (non-hydrogen) atoms. The maximum atomic E-state index is 11.3. The van der Waals surface area contributed by atoms with Crippen LogP contribution in [0.15, 0.2) is 16.9 Å². The molecule has 3 heteroatoms. The lowest BCUT2D eigenvalue weighted by Crippen LogP contribution is -2.33. The van der Waals surface area contributed by atoms with Gasteiger partial charge in [0.15, 0.2) is 5.43 Å². The summed E-state index contributed by atoms with van der Waals surface area (Å²) in [6.45, 7) is 7.32. The third-order valence-electron chi connectivity index (χ3n) is 3.39. The Hall–Kier alpha value is -1.09. The zero-order valence-electron chi connectivity index (χ0n) is 10.1. The predicted octanol–water partition coefficient (Wildman–Crippen LogP) is 1.46. The summed E-state index contributed by atoms with van der Waals surface area (Å²) in [5, 5.41) is 3.43. The van der Waals surface area contributed by atoms with Crippen LogP contribution in [0.3, 0.4) is 0 Å². The molecule has 0 aromatic carbocycles. The van der Waals surface area contributed by atoms with Crippen molar-refractivity contribution in [3.05, 3.63) is 33.7 Å². The molecule has 0 aliphatic carbocycles. The van der Waals surface area contributed by atoms with Crippen molar-refractivity contribution < 1.29 is 0 Å². The Kier molecular flexibility index (Phi) is 3.44. The zero-order valence-corrected chi connectivity index (χ0v) is 10.1. The first-order valence-corrected chi connectivity index (χ1v) is 6.05. The van der Waals surface area contributed by atoms with E-state index in [2.05, 4.69) is 9.88 Å². The molecule has 3 nitrogen and oxygen atoms in total. The van der Waals surface area contributed by atoms with Crippen molar-refractivity contribution in [3.63, 3.8) is 0 Å². The Balaban J connectivity index is 2.17. The number of rotatable bonds is 2. The second kappa shape index (κ2) is 4.83. The third-order valence-corrected chi connectivity index (χ3v) is 3.39. The van der Waals surface area contributed by atoms with Gasteiger partial charge in [-0.2, -0.15) is 0 Å². The van der Waals surface area contributed by atoms with E-state index in [0.717, 1.165) is 31.0 Å². The van der Waals surface area contributed by atoms with Crippen molar-refractivity contribution in [2.75, 3.05) is 13.1 Å². The Morgan fingerprint density at radius 2 is 2.06 bits per heavy atom. The molecule has 2 heterocycles.